The van der Waals surface area contributed by atoms with Crippen LogP contribution in [0.25, 0.3) is 0 Å². The molecule has 0 spiro atoms. The molecule has 0 heterocycles. The van der Waals surface area contributed by atoms with Crippen molar-refractivity contribution in [3.63, 3.8) is 0 Å². The Hall–Kier alpha value is -3.15. The highest BCUT2D eigenvalue weighted by Gasteiger charge is 2.19. The monoisotopic (exact) mass is 935 g/mol. The van der Waals surface area contributed by atoms with E-state index in [1.54, 1.807) is 0 Å². The van der Waals surface area contributed by atoms with Crippen LogP contribution in [0.1, 0.15) is 278 Å². The average Bonchev–Trinajstić information content (AvgIpc) is 3.33. The molecule has 1 unspecified atom stereocenters. The maximum Gasteiger partial charge on any atom is 0.306 e. The quantitative estimate of drug-likeness (QED) is 0.0262. The molecule has 0 amide bonds. The fourth-order valence-corrected chi connectivity index (χ4v) is 7.98. The van der Waals surface area contributed by atoms with Crippen molar-refractivity contribution in [1.29, 1.82) is 0 Å². The van der Waals surface area contributed by atoms with Crippen LogP contribution in [0.5, 0.6) is 0 Å². The highest BCUT2D eigenvalue weighted by atomic mass is 16.6. The lowest BCUT2D eigenvalue weighted by molar-refractivity contribution is -0.167. The Morgan fingerprint density at radius 1 is 0.313 bits per heavy atom. The summed E-state index contributed by atoms with van der Waals surface area (Å²) in [5, 5.41) is 0. The summed E-state index contributed by atoms with van der Waals surface area (Å²) < 4.78 is 16.8. The average molecular weight is 936 g/mol. The Bertz CT molecular complexity index is 1260. The molecule has 0 aliphatic rings. The highest BCUT2D eigenvalue weighted by Crippen LogP contribution is 2.16. The first-order chi connectivity index (χ1) is 33.0. The van der Waals surface area contributed by atoms with Gasteiger partial charge in [0.25, 0.3) is 0 Å². The van der Waals surface area contributed by atoms with Gasteiger partial charge in [0.1, 0.15) is 13.2 Å². The SMILES string of the molecule is CC/C=C\C/C=C\C/C=C\C/C=C\C/C=C\C/C=C\CCCCCCCCC(=O)OCC(COC(=O)CCCCCCCCCC)OC(=O)CCCCCCCCCCCCCCCCCC. The minimum atomic E-state index is -0.777. The van der Waals surface area contributed by atoms with Gasteiger partial charge >= 0.3 is 17.9 Å². The first kappa shape index (κ1) is 63.8. The number of carbonyl (C=O) groups excluding carboxylic acids is 3. The van der Waals surface area contributed by atoms with Crippen LogP contribution < -0.4 is 0 Å². The van der Waals surface area contributed by atoms with E-state index in [1.807, 2.05) is 0 Å². The summed E-state index contributed by atoms with van der Waals surface area (Å²) in [5.74, 6) is -0.887. The van der Waals surface area contributed by atoms with Crippen molar-refractivity contribution >= 4 is 17.9 Å². The Morgan fingerprint density at radius 2 is 0.582 bits per heavy atom. The second kappa shape index (κ2) is 55.4. The lowest BCUT2D eigenvalue weighted by atomic mass is 10.0. The summed E-state index contributed by atoms with van der Waals surface area (Å²) in [5.41, 5.74) is 0. The predicted octanol–water partition coefficient (Wildman–Crippen LogP) is 19.0. The molecule has 6 heteroatoms. The number of esters is 3. The van der Waals surface area contributed by atoms with E-state index in [0.717, 1.165) is 103 Å². The smallest absolute Gasteiger partial charge is 0.306 e. The molecule has 0 aromatic rings. The molecule has 0 bridgehead atoms. The van der Waals surface area contributed by atoms with Gasteiger partial charge in [0.05, 0.1) is 0 Å². The molecule has 0 rings (SSSR count). The Morgan fingerprint density at radius 3 is 0.910 bits per heavy atom. The van der Waals surface area contributed by atoms with Gasteiger partial charge in [-0.05, 0) is 70.6 Å². The molecule has 0 aliphatic carbocycles. The fourth-order valence-electron chi connectivity index (χ4n) is 7.98. The van der Waals surface area contributed by atoms with Gasteiger partial charge < -0.3 is 14.2 Å². The second-order valence-corrected chi connectivity index (χ2v) is 18.8. The van der Waals surface area contributed by atoms with E-state index < -0.39 is 6.10 Å². The Balaban J connectivity index is 4.25. The molecule has 67 heavy (non-hydrogen) atoms. The summed E-state index contributed by atoms with van der Waals surface area (Å²) >= 11 is 0. The summed E-state index contributed by atoms with van der Waals surface area (Å²) in [6.07, 6.45) is 70.4. The van der Waals surface area contributed by atoms with E-state index >= 15 is 0 Å². The zero-order valence-corrected chi connectivity index (χ0v) is 44.2. The third-order valence-electron chi connectivity index (χ3n) is 12.2. The van der Waals surface area contributed by atoms with Gasteiger partial charge in [-0.2, -0.15) is 0 Å². The van der Waals surface area contributed by atoms with Crippen molar-refractivity contribution in [3.05, 3.63) is 72.9 Å². The molecule has 0 aromatic heterocycles. The largest absolute Gasteiger partial charge is 0.462 e. The first-order valence-electron chi connectivity index (χ1n) is 28.4. The van der Waals surface area contributed by atoms with Gasteiger partial charge in [-0.15, -0.1) is 0 Å². The lowest BCUT2D eigenvalue weighted by Gasteiger charge is -2.18. The molecule has 0 saturated carbocycles. The van der Waals surface area contributed by atoms with Crippen LogP contribution in [0.4, 0.5) is 0 Å². The van der Waals surface area contributed by atoms with Crippen LogP contribution in [0.3, 0.4) is 0 Å². The van der Waals surface area contributed by atoms with E-state index in [2.05, 4.69) is 93.7 Å². The van der Waals surface area contributed by atoms with Crippen LogP contribution >= 0.6 is 0 Å². The molecule has 0 radical (unpaired) electrons. The van der Waals surface area contributed by atoms with Crippen LogP contribution in [0.15, 0.2) is 72.9 Å². The Labute approximate surface area is 414 Å². The van der Waals surface area contributed by atoms with E-state index in [-0.39, 0.29) is 31.1 Å². The van der Waals surface area contributed by atoms with E-state index in [0.29, 0.717) is 19.3 Å². The van der Waals surface area contributed by atoms with Crippen molar-refractivity contribution in [2.45, 2.75) is 284 Å². The van der Waals surface area contributed by atoms with Crippen LogP contribution in [0, 0.1) is 0 Å². The summed E-state index contributed by atoms with van der Waals surface area (Å²) in [6, 6.07) is 0. The van der Waals surface area contributed by atoms with E-state index in [1.165, 1.54) is 135 Å². The van der Waals surface area contributed by atoms with Gasteiger partial charge in [-0.25, -0.2) is 0 Å². The number of unbranched alkanes of at least 4 members (excludes halogenated alkanes) is 28. The molecule has 0 aliphatic heterocycles. The first-order valence-corrected chi connectivity index (χ1v) is 28.4. The number of allylic oxidation sites excluding steroid dienone is 12. The van der Waals surface area contributed by atoms with E-state index in [9.17, 15) is 14.4 Å². The lowest BCUT2D eigenvalue weighted by Crippen LogP contribution is -2.30. The van der Waals surface area contributed by atoms with Crippen LogP contribution in [0.2, 0.25) is 0 Å². The van der Waals surface area contributed by atoms with Crippen molar-refractivity contribution in [2.24, 2.45) is 0 Å². The molecule has 0 aromatic carbocycles. The van der Waals surface area contributed by atoms with Crippen molar-refractivity contribution < 1.29 is 28.6 Å². The molecular formula is C61H106O6. The van der Waals surface area contributed by atoms with Crippen molar-refractivity contribution in [1.82, 2.24) is 0 Å². The molecular weight excluding hydrogens is 829 g/mol. The predicted molar refractivity (Wildman–Crippen MR) is 288 cm³/mol. The summed E-state index contributed by atoms with van der Waals surface area (Å²) in [7, 11) is 0. The third kappa shape index (κ3) is 53.7. The van der Waals surface area contributed by atoms with Gasteiger partial charge in [0, 0.05) is 19.3 Å². The molecule has 0 fully saturated rings. The number of hydrogen-bond donors (Lipinski definition) is 0. The van der Waals surface area contributed by atoms with Crippen molar-refractivity contribution in [3.8, 4) is 0 Å². The van der Waals surface area contributed by atoms with Crippen molar-refractivity contribution in [2.75, 3.05) is 13.2 Å². The molecule has 386 valence electrons. The second-order valence-electron chi connectivity index (χ2n) is 18.8. The van der Waals surface area contributed by atoms with Gasteiger partial charge in [-0.3, -0.25) is 14.4 Å². The molecule has 0 N–H and O–H groups in total. The molecule has 6 nitrogen and oxygen atoms in total. The summed E-state index contributed by atoms with van der Waals surface area (Å²) in [6.45, 7) is 6.50. The normalized spacial score (nSPS) is 12.6. The number of rotatable bonds is 51. The van der Waals surface area contributed by atoms with Crippen LogP contribution in [-0.2, 0) is 28.6 Å². The van der Waals surface area contributed by atoms with Gasteiger partial charge in [-0.1, -0.05) is 261 Å². The number of hydrogen-bond acceptors (Lipinski definition) is 6. The zero-order valence-electron chi connectivity index (χ0n) is 44.2. The van der Waals surface area contributed by atoms with Gasteiger partial charge in [0.2, 0.25) is 0 Å². The maximum atomic E-state index is 12.8. The molecule has 1 atom stereocenters. The fraction of sp³-hybridized carbons (Fsp3) is 0.754. The third-order valence-corrected chi connectivity index (χ3v) is 12.2. The number of carbonyl (C=O) groups is 3. The topological polar surface area (TPSA) is 78.9 Å². The molecule has 0 saturated heterocycles. The van der Waals surface area contributed by atoms with E-state index in [4.69, 9.17) is 14.2 Å². The summed E-state index contributed by atoms with van der Waals surface area (Å²) in [4.78, 5) is 38.0. The number of ether oxygens (including phenoxy) is 3. The maximum absolute atomic E-state index is 12.8. The Kier molecular flexibility index (Phi) is 52.8. The minimum absolute atomic E-state index is 0.0770. The van der Waals surface area contributed by atoms with Crippen LogP contribution in [-0.4, -0.2) is 37.2 Å². The zero-order chi connectivity index (χ0) is 48.6. The minimum Gasteiger partial charge on any atom is -0.462 e. The standard InChI is InChI=1S/C61H106O6/c1-4-7-10-13-16-19-21-23-25-27-28-29-30-31-32-33-34-35-37-38-40-42-45-48-51-54-60(63)66-57-58(56-65-59(62)53-50-47-44-18-15-12-9-6-3)67-61(64)55-52-49-46-43-41-39-36-26-24-22-20-17-14-11-8-5-2/h7,10,16,19,23,25,28-29,31-32,34-35,58H,4-6,8-9,11-15,17-18,20-22,24,26-27,30,33,36-57H2,1-3H3/b10-7-,19-16-,25-23-,29-28-,32-31-,35-34-. The van der Waals surface area contributed by atoms with Gasteiger partial charge in [0.15, 0.2) is 6.10 Å². The highest BCUT2D eigenvalue weighted by molar-refractivity contribution is 5.71.